The summed E-state index contributed by atoms with van der Waals surface area (Å²) in [4.78, 5) is 23.9. The summed E-state index contributed by atoms with van der Waals surface area (Å²) < 4.78 is 48.3. The van der Waals surface area contributed by atoms with E-state index in [2.05, 4.69) is 16.0 Å². The highest BCUT2D eigenvalue weighted by Crippen LogP contribution is 2.31. The summed E-state index contributed by atoms with van der Waals surface area (Å²) in [5, 5.41) is 17.5. The van der Waals surface area contributed by atoms with Crippen molar-refractivity contribution in [2.75, 3.05) is 23.8 Å². The van der Waals surface area contributed by atoms with Gasteiger partial charge in [0.2, 0.25) is 0 Å². The molecule has 1 unspecified atom stereocenters. The number of carbonyl (C=O) groups is 2. The minimum atomic E-state index is -4.50. The molecule has 3 rings (SSSR count). The van der Waals surface area contributed by atoms with Crippen LogP contribution >= 0.6 is 0 Å². The first-order valence-corrected chi connectivity index (χ1v) is 9.68. The zero-order valence-electron chi connectivity index (χ0n) is 17.1. The normalized spacial score (nSPS) is 12.0. The van der Waals surface area contributed by atoms with E-state index in [9.17, 15) is 27.9 Å². The van der Waals surface area contributed by atoms with Crippen LogP contribution in [0.1, 0.15) is 16.1 Å². The Bertz CT molecular complexity index is 1070. The second kappa shape index (κ2) is 10.6. The molecule has 4 N–H and O–H groups in total. The highest BCUT2D eigenvalue weighted by Gasteiger charge is 2.30. The Morgan fingerprint density at radius 1 is 1.00 bits per heavy atom. The van der Waals surface area contributed by atoms with E-state index >= 15 is 0 Å². The van der Waals surface area contributed by atoms with Crippen LogP contribution in [0.3, 0.4) is 0 Å². The summed E-state index contributed by atoms with van der Waals surface area (Å²) in [7, 11) is 0. The number of alkyl halides is 3. The molecule has 0 radical (unpaired) electrons. The molecular weight excluding hydrogens is 443 g/mol. The number of hydrogen-bond acceptors (Lipinski definition) is 5. The molecular formula is C22H20F3N3O5. The van der Waals surface area contributed by atoms with E-state index in [-0.39, 0.29) is 24.7 Å². The second-order valence-corrected chi connectivity index (χ2v) is 6.83. The molecule has 1 atom stereocenters. The number of rotatable bonds is 8. The van der Waals surface area contributed by atoms with Gasteiger partial charge in [-0.25, -0.2) is 4.79 Å². The average Bonchev–Trinajstić information content (AvgIpc) is 3.32. The Morgan fingerprint density at radius 2 is 1.70 bits per heavy atom. The Kier molecular flexibility index (Phi) is 7.57. The third kappa shape index (κ3) is 7.28. The van der Waals surface area contributed by atoms with Gasteiger partial charge in [-0.15, -0.1) is 0 Å². The lowest BCUT2D eigenvalue weighted by Crippen LogP contribution is -2.37. The van der Waals surface area contributed by atoms with E-state index in [1.54, 1.807) is 30.3 Å². The van der Waals surface area contributed by atoms with Crippen LogP contribution in [0.25, 0.3) is 0 Å². The van der Waals surface area contributed by atoms with Crippen molar-refractivity contribution in [2.24, 2.45) is 0 Å². The fourth-order valence-electron chi connectivity index (χ4n) is 2.64. The maximum absolute atomic E-state index is 12.7. The third-order valence-corrected chi connectivity index (χ3v) is 4.25. The highest BCUT2D eigenvalue weighted by atomic mass is 19.4. The number of halogens is 3. The topological polar surface area (TPSA) is 113 Å². The molecule has 3 amide bonds. The standard InChI is InChI=1S/C22H20F3N3O5/c23-22(24,25)14-3-1-4-18(11-14)33-13-17(29)12-26-21(31)28-16-8-6-15(7-9-16)27-20(30)19-5-2-10-32-19/h1-11,17,29H,12-13H2,(H,27,30)(H2,26,28,31). The van der Waals surface area contributed by atoms with Crippen LogP contribution in [0.4, 0.5) is 29.3 Å². The number of benzene rings is 2. The zero-order chi connectivity index (χ0) is 23.8. The summed E-state index contributed by atoms with van der Waals surface area (Å²) in [6.45, 7) is -0.506. The summed E-state index contributed by atoms with van der Waals surface area (Å²) >= 11 is 0. The Morgan fingerprint density at radius 3 is 2.33 bits per heavy atom. The van der Waals surface area contributed by atoms with Crippen LogP contribution in [-0.4, -0.2) is 36.3 Å². The van der Waals surface area contributed by atoms with E-state index in [1.807, 2.05) is 0 Å². The number of furan rings is 1. The predicted molar refractivity (Wildman–Crippen MR) is 113 cm³/mol. The molecule has 1 heterocycles. The quantitative estimate of drug-likeness (QED) is 0.402. The molecule has 33 heavy (non-hydrogen) atoms. The summed E-state index contributed by atoms with van der Waals surface area (Å²) in [6, 6.07) is 13.1. The minimum absolute atomic E-state index is 0.0486. The Balaban J connectivity index is 1.40. The first-order chi connectivity index (χ1) is 15.7. The first kappa shape index (κ1) is 23.7. The van der Waals surface area contributed by atoms with Crippen molar-refractivity contribution in [1.82, 2.24) is 5.32 Å². The maximum atomic E-state index is 12.7. The van der Waals surface area contributed by atoms with Gasteiger partial charge in [-0.1, -0.05) is 6.07 Å². The molecule has 0 saturated carbocycles. The van der Waals surface area contributed by atoms with Gasteiger partial charge in [-0.05, 0) is 54.6 Å². The number of ether oxygens (including phenoxy) is 1. The summed E-state index contributed by atoms with van der Waals surface area (Å²) in [5.41, 5.74) is 0.0567. The van der Waals surface area contributed by atoms with E-state index in [0.717, 1.165) is 12.1 Å². The fourth-order valence-corrected chi connectivity index (χ4v) is 2.64. The van der Waals surface area contributed by atoms with E-state index in [1.165, 1.54) is 24.5 Å². The van der Waals surface area contributed by atoms with Crippen LogP contribution in [0.5, 0.6) is 5.75 Å². The van der Waals surface area contributed by atoms with Gasteiger partial charge in [0.15, 0.2) is 5.76 Å². The van der Waals surface area contributed by atoms with Crippen molar-refractivity contribution in [3.63, 3.8) is 0 Å². The number of nitrogens with one attached hydrogen (secondary N) is 3. The van der Waals surface area contributed by atoms with Crippen molar-refractivity contribution >= 4 is 23.3 Å². The van der Waals surface area contributed by atoms with Gasteiger partial charge < -0.3 is 30.2 Å². The lowest BCUT2D eigenvalue weighted by molar-refractivity contribution is -0.137. The molecule has 0 aliphatic heterocycles. The summed E-state index contributed by atoms with van der Waals surface area (Å²) in [5.74, 6) is -0.306. The van der Waals surface area contributed by atoms with Crippen molar-refractivity contribution in [1.29, 1.82) is 0 Å². The molecule has 0 aliphatic carbocycles. The molecule has 1 aromatic heterocycles. The predicted octanol–water partition coefficient (Wildman–Crippen LogP) is 4.11. The third-order valence-electron chi connectivity index (χ3n) is 4.25. The molecule has 2 aromatic carbocycles. The molecule has 3 aromatic rings. The summed E-state index contributed by atoms with van der Waals surface area (Å²) in [6.07, 6.45) is -4.26. The number of amides is 3. The van der Waals surface area contributed by atoms with Gasteiger partial charge in [0.1, 0.15) is 18.5 Å². The molecule has 11 heteroatoms. The lowest BCUT2D eigenvalue weighted by atomic mass is 10.2. The molecule has 174 valence electrons. The van der Waals surface area contributed by atoms with Gasteiger partial charge in [0, 0.05) is 17.9 Å². The van der Waals surface area contributed by atoms with Gasteiger partial charge in [0.05, 0.1) is 11.8 Å². The molecule has 0 aliphatic rings. The lowest BCUT2D eigenvalue weighted by Gasteiger charge is -2.15. The molecule has 0 fully saturated rings. The van der Waals surface area contributed by atoms with E-state index in [4.69, 9.17) is 9.15 Å². The highest BCUT2D eigenvalue weighted by molar-refractivity contribution is 6.02. The van der Waals surface area contributed by atoms with E-state index in [0.29, 0.717) is 11.4 Å². The zero-order valence-corrected chi connectivity index (χ0v) is 17.1. The molecule has 8 nitrogen and oxygen atoms in total. The van der Waals surface area contributed by atoms with Crippen molar-refractivity contribution in [2.45, 2.75) is 12.3 Å². The van der Waals surface area contributed by atoms with Crippen molar-refractivity contribution in [3.8, 4) is 5.75 Å². The molecule has 0 saturated heterocycles. The van der Waals surface area contributed by atoms with Gasteiger partial charge in [-0.2, -0.15) is 13.2 Å². The Labute approximate surface area is 186 Å². The largest absolute Gasteiger partial charge is 0.491 e. The first-order valence-electron chi connectivity index (χ1n) is 9.68. The number of anilines is 2. The number of aliphatic hydroxyl groups is 1. The van der Waals surface area contributed by atoms with E-state index < -0.39 is 29.8 Å². The van der Waals surface area contributed by atoms with Gasteiger partial charge >= 0.3 is 12.2 Å². The number of urea groups is 1. The van der Waals surface area contributed by atoms with Gasteiger partial charge in [-0.3, -0.25) is 4.79 Å². The molecule has 0 bridgehead atoms. The monoisotopic (exact) mass is 463 g/mol. The second-order valence-electron chi connectivity index (χ2n) is 6.83. The number of aliphatic hydroxyl groups excluding tert-OH is 1. The van der Waals surface area contributed by atoms with Crippen LogP contribution < -0.4 is 20.7 Å². The van der Waals surface area contributed by atoms with Gasteiger partial charge in [0.25, 0.3) is 5.91 Å². The SMILES string of the molecule is O=C(NCC(O)COc1cccc(C(F)(F)F)c1)Nc1ccc(NC(=O)c2ccco2)cc1. The smallest absolute Gasteiger partial charge is 0.416 e. The van der Waals surface area contributed by atoms with Crippen LogP contribution in [0.2, 0.25) is 0 Å². The van der Waals surface area contributed by atoms with Crippen LogP contribution in [0, 0.1) is 0 Å². The maximum Gasteiger partial charge on any atom is 0.416 e. The average molecular weight is 463 g/mol. The van der Waals surface area contributed by atoms with Crippen molar-refractivity contribution < 1.29 is 37.0 Å². The molecule has 0 spiro atoms. The Hall–Kier alpha value is -3.99. The van der Waals surface area contributed by atoms with Crippen molar-refractivity contribution in [3.05, 3.63) is 78.3 Å². The fraction of sp³-hybridized carbons (Fsp3) is 0.182. The number of carbonyl (C=O) groups excluding carboxylic acids is 2. The van der Waals surface area contributed by atoms with Crippen LogP contribution in [-0.2, 0) is 6.18 Å². The minimum Gasteiger partial charge on any atom is -0.491 e. The number of hydrogen-bond donors (Lipinski definition) is 4. The van der Waals surface area contributed by atoms with Crippen LogP contribution in [0.15, 0.2) is 71.3 Å².